The SMILES string of the molecule is CN1CCN(Cn2c(O)c(N=NC(=O)c3cccc4ccccc34)c3cc(Br)ccc32)CC1. The van der Waals surface area contributed by atoms with Crippen LogP contribution in [0.5, 0.6) is 5.88 Å². The van der Waals surface area contributed by atoms with Crippen molar-refractivity contribution in [1.82, 2.24) is 14.4 Å². The Labute approximate surface area is 200 Å². The summed E-state index contributed by atoms with van der Waals surface area (Å²) in [7, 11) is 2.11. The van der Waals surface area contributed by atoms with Gasteiger partial charge in [0.05, 0.1) is 17.7 Å². The summed E-state index contributed by atoms with van der Waals surface area (Å²) >= 11 is 3.50. The standard InChI is InChI=1S/C25H24BrN5O2/c1-29-11-13-30(14-12-29)16-31-22-10-9-18(26)15-21(22)23(25(31)33)27-28-24(32)20-8-4-6-17-5-2-3-7-19(17)20/h2-10,15,33H,11-14,16H2,1H3. The average Bonchev–Trinajstić information content (AvgIpc) is 3.08. The first kappa shape index (κ1) is 21.8. The second kappa shape index (κ2) is 9.05. The summed E-state index contributed by atoms with van der Waals surface area (Å²) in [4.78, 5) is 17.5. The Morgan fingerprint density at radius 2 is 1.76 bits per heavy atom. The molecule has 1 amide bonds. The zero-order valence-electron chi connectivity index (χ0n) is 18.3. The molecule has 0 bridgehead atoms. The smallest absolute Gasteiger partial charge is 0.296 e. The van der Waals surface area contributed by atoms with E-state index >= 15 is 0 Å². The molecule has 0 unspecified atom stereocenters. The summed E-state index contributed by atoms with van der Waals surface area (Å²) in [6.07, 6.45) is 0. The molecule has 0 spiro atoms. The first-order valence-corrected chi connectivity index (χ1v) is 11.7. The van der Waals surface area contributed by atoms with Crippen LogP contribution in [0.25, 0.3) is 21.7 Å². The van der Waals surface area contributed by atoms with Gasteiger partial charge in [-0.1, -0.05) is 52.3 Å². The van der Waals surface area contributed by atoms with Gasteiger partial charge in [-0.05, 0) is 42.1 Å². The van der Waals surface area contributed by atoms with E-state index in [2.05, 4.69) is 43.0 Å². The number of amides is 1. The fourth-order valence-electron chi connectivity index (χ4n) is 4.29. The van der Waals surface area contributed by atoms with Crippen LogP contribution in [0, 0.1) is 0 Å². The molecular weight excluding hydrogens is 482 g/mol. The normalized spacial score (nSPS) is 15.7. The number of fused-ring (bicyclic) bond motifs is 2. The third-order valence-corrected chi connectivity index (χ3v) is 6.66. The third kappa shape index (κ3) is 4.29. The molecule has 168 valence electrons. The Bertz CT molecular complexity index is 1370. The lowest BCUT2D eigenvalue weighted by atomic mass is 10.0. The van der Waals surface area contributed by atoms with Crippen molar-refractivity contribution >= 4 is 49.2 Å². The molecule has 7 nitrogen and oxygen atoms in total. The highest BCUT2D eigenvalue weighted by Gasteiger charge is 2.21. The van der Waals surface area contributed by atoms with Gasteiger partial charge in [0.1, 0.15) is 0 Å². The van der Waals surface area contributed by atoms with Gasteiger partial charge in [0, 0.05) is 36.0 Å². The van der Waals surface area contributed by atoms with Crippen LogP contribution >= 0.6 is 15.9 Å². The van der Waals surface area contributed by atoms with Gasteiger partial charge in [-0.3, -0.25) is 14.3 Å². The first-order chi connectivity index (χ1) is 16.0. The predicted octanol–water partition coefficient (Wildman–Crippen LogP) is 5.39. The van der Waals surface area contributed by atoms with Gasteiger partial charge in [0.2, 0.25) is 5.88 Å². The van der Waals surface area contributed by atoms with Crippen molar-refractivity contribution in [3.8, 4) is 5.88 Å². The number of likely N-dealkylation sites (N-methyl/N-ethyl adjacent to an activating group) is 1. The highest BCUT2D eigenvalue weighted by atomic mass is 79.9. The molecule has 3 aromatic carbocycles. The number of hydrogen-bond donors (Lipinski definition) is 1. The summed E-state index contributed by atoms with van der Waals surface area (Å²) < 4.78 is 2.70. The predicted molar refractivity (Wildman–Crippen MR) is 133 cm³/mol. The first-order valence-electron chi connectivity index (χ1n) is 10.9. The van der Waals surface area contributed by atoms with E-state index in [4.69, 9.17) is 0 Å². The van der Waals surface area contributed by atoms with Gasteiger partial charge >= 0.3 is 0 Å². The molecule has 0 atom stereocenters. The summed E-state index contributed by atoms with van der Waals surface area (Å²) in [6.45, 7) is 4.35. The van der Waals surface area contributed by atoms with E-state index in [1.807, 2.05) is 59.2 Å². The van der Waals surface area contributed by atoms with Gasteiger partial charge in [-0.2, -0.15) is 0 Å². The van der Waals surface area contributed by atoms with E-state index in [1.165, 1.54) is 0 Å². The number of aromatic hydroxyl groups is 1. The van der Waals surface area contributed by atoms with Crippen molar-refractivity contribution in [2.24, 2.45) is 10.2 Å². The summed E-state index contributed by atoms with van der Waals surface area (Å²) in [5.74, 6) is -0.433. The van der Waals surface area contributed by atoms with Crippen molar-refractivity contribution in [2.75, 3.05) is 33.2 Å². The van der Waals surface area contributed by atoms with Gasteiger partial charge < -0.3 is 10.0 Å². The van der Waals surface area contributed by atoms with E-state index in [0.717, 1.165) is 52.3 Å². The molecular formula is C25H24BrN5O2. The van der Waals surface area contributed by atoms with Crippen molar-refractivity contribution in [3.63, 3.8) is 0 Å². The minimum atomic E-state index is -0.443. The lowest BCUT2D eigenvalue weighted by Gasteiger charge is -2.32. The van der Waals surface area contributed by atoms with E-state index in [-0.39, 0.29) is 5.88 Å². The molecule has 0 aliphatic carbocycles. The number of carbonyl (C=O) groups is 1. The number of nitrogens with zero attached hydrogens (tertiary/aromatic N) is 5. The highest BCUT2D eigenvalue weighted by molar-refractivity contribution is 9.10. The van der Waals surface area contributed by atoms with Crippen LogP contribution in [0.1, 0.15) is 10.4 Å². The van der Waals surface area contributed by atoms with E-state index in [1.54, 1.807) is 6.07 Å². The molecule has 2 heterocycles. The zero-order valence-corrected chi connectivity index (χ0v) is 19.9. The maximum atomic E-state index is 12.9. The topological polar surface area (TPSA) is 73.4 Å². The minimum Gasteiger partial charge on any atom is -0.493 e. The largest absolute Gasteiger partial charge is 0.493 e. The molecule has 0 saturated carbocycles. The number of halogens is 1. The number of hydrogen-bond acceptors (Lipinski definition) is 5. The second-order valence-corrected chi connectivity index (χ2v) is 9.27. The maximum absolute atomic E-state index is 12.9. The van der Waals surface area contributed by atoms with Gasteiger partial charge in [-0.25, -0.2) is 0 Å². The fourth-order valence-corrected chi connectivity index (χ4v) is 4.65. The molecule has 1 aromatic heterocycles. The van der Waals surface area contributed by atoms with Crippen LogP contribution in [0.15, 0.2) is 75.4 Å². The van der Waals surface area contributed by atoms with Gasteiger partial charge in [0.15, 0.2) is 5.69 Å². The van der Waals surface area contributed by atoms with Gasteiger partial charge in [-0.15, -0.1) is 10.2 Å². The molecule has 1 N–H and O–H groups in total. The monoisotopic (exact) mass is 505 g/mol. The fraction of sp³-hybridized carbons (Fsp3) is 0.240. The van der Waals surface area contributed by atoms with Crippen LogP contribution in [-0.4, -0.2) is 58.6 Å². The number of carbonyl (C=O) groups excluding carboxylic acids is 1. The second-order valence-electron chi connectivity index (χ2n) is 8.36. The van der Waals surface area contributed by atoms with Crippen LogP contribution in [0.4, 0.5) is 5.69 Å². The molecule has 0 radical (unpaired) electrons. The van der Waals surface area contributed by atoms with Crippen LogP contribution in [0.2, 0.25) is 0 Å². The van der Waals surface area contributed by atoms with Gasteiger partial charge in [0.25, 0.3) is 5.91 Å². The third-order valence-electron chi connectivity index (χ3n) is 6.17. The number of aromatic nitrogens is 1. The summed E-state index contributed by atoms with van der Waals surface area (Å²) in [5, 5.41) is 21.9. The molecule has 1 aliphatic heterocycles. The average molecular weight is 506 g/mol. The maximum Gasteiger partial charge on any atom is 0.296 e. The number of benzene rings is 3. The molecule has 8 heteroatoms. The van der Waals surface area contributed by atoms with E-state index in [9.17, 15) is 9.90 Å². The molecule has 4 aromatic rings. The Morgan fingerprint density at radius 3 is 2.58 bits per heavy atom. The molecule has 1 saturated heterocycles. The number of piperazine rings is 1. The zero-order chi connectivity index (χ0) is 22.9. The van der Waals surface area contributed by atoms with Crippen LogP contribution in [0.3, 0.4) is 0 Å². The van der Waals surface area contributed by atoms with Crippen molar-refractivity contribution < 1.29 is 9.90 Å². The van der Waals surface area contributed by atoms with Crippen LogP contribution in [-0.2, 0) is 6.67 Å². The lowest BCUT2D eigenvalue weighted by Crippen LogP contribution is -2.44. The summed E-state index contributed by atoms with van der Waals surface area (Å²) in [5.41, 5.74) is 1.63. The molecule has 1 aliphatic rings. The van der Waals surface area contributed by atoms with Crippen LogP contribution < -0.4 is 0 Å². The van der Waals surface area contributed by atoms with Crippen molar-refractivity contribution in [2.45, 2.75) is 6.67 Å². The van der Waals surface area contributed by atoms with E-state index in [0.29, 0.717) is 17.9 Å². The Morgan fingerprint density at radius 1 is 1.00 bits per heavy atom. The molecule has 1 fully saturated rings. The number of azo groups is 1. The molecule has 33 heavy (non-hydrogen) atoms. The van der Waals surface area contributed by atoms with Crippen molar-refractivity contribution in [3.05, 3.63) is 70.7 Å². The lowest BCUT2D eigenvalue weighted by molar-refractivity contribution is 0.0996. The van der Waals surface area contributed by atoms with E-state index < -0.39 is 5.91 Å². The van der Waals surface area contributed by atoms with Crippen molar-refractivity contribution in [1.29, 1.82) is 0 Å². The summed E-state index contributed by atoms with van der Waals surface area (Å²) in [6, 6.07) is 19.0. The Balaban J connectivity index is 1.51. The Kier molecular flexibility index (Phi) is 5.97. The Hall–Kier alpha value is -3.07. The quantitative estimate of drug-likeness (QED) is 0.377. The highest BCUT2D eigenvalue weighted by Crippen LogP contribution is 2.40. The molecule has 5 rings (SSSR count). The number of rotatable bonds is 4. The minimum absolute atomic E-state index is 0.0106.